The molecule has 1 saturated heterocycles. The van der Waals surface area contributed by atoms with Gasteiger partial charge in [0, 0.05) is 31.4 Å². The molecule has 0 aromatic heterocycles. The van der Waals surface area contributed by atoms with E-state index >= 15 is 0 Å². The summed E-state index contributed by atoms with van der Waals surface area (Å²) in [5, 5.41) is 7.91. The van der Waals surface area contributed by atoms with Crippen molar-refractivity contribution >= 4 is 41.7 Å². The second-order valence-corrected chi connectivity index (χ2v) is 7.02. The molecule has 6 heteroatoms. The van der Waals surface area contributed by atoms with E-state index < -0.39 is 0 Å². The minimum Gasteiger partial charge on any atom is -0.356 e. The van der Waals surface area contributed by atoms with Crippen LogP contribution in [-0.2, 0) is 0 Å². The molecule has 2 aliphatic rings. The standard InChI is InChI=1S/C14H28N4S.HI/c1-15-14(16-9-11-6-7-18(2)10-11)17-12-4-5-13(8-12)19-3;/h11-13H,4-10H2,1-3H3,(H2,15,16,17);1H. The number of aliphatic imine (C=N–C) groups is 1. The summed E-state index contributed by atoms with van der Waals surface area (Å²) in [6.45, 7) is 3.49. The summed E-state index contributed by atoms with van der Waals surface area (Å²) in [7, 11) is 4.07. The maximum absolute atomic E-state index is 4.36. The number of guanidine groups is 1. The Hall–Kier alpha value is 0.310. The van der Waals surface area contributed by atoms with E-state index in [0.717, 1.165) is 23.7 Å². The van der Waals surface area contributed by atoms with Crippen LogP contribution >= 0.6 is 35.7 Å². The second-order valence-electron chi connectivity index (χ2n) is 5.88. The highest BCUT2D eigenvalue weighted by atomic mass is 127. The molecule has 0 aromatic carbocycles. The van der Waals surface area contributed by atoms with Gasteiger partial charge in [0.05, 0.1) is 0 Å². The van der Waals surface area contributed by atoms with Gasteiger partial charge in [0.2, 0.25) is 0 Å². The molecule has 0 bridgehead atoms. The maximum atomic E-state index is 4.36. The number of likely N-dealkylation sites (tertiary alicyclic amines) is 1. The van der Waals surface area contributed by atoms with Gasteiger partial charge in [-0.1, -0.05) is 0 Å². The van der Waals surface area contributed by atoms with Crippen molar-refractivity contribution in [2.24, 2.45) is 10.9 Å². The third kappa shape index (κ3) is 5.60. The second kappa shape index (κ2) is 9.35. The highest BCUT2D eigenvalue weighted by molar-refractivity contribution is 14.0. The van der Waals surface area contributed by atoms with Crippen molar-refractivity contribution in [2.75, 3.05) is 40.0 Å². The predicted molar refractivity (Wildman–Crippen MR) is 100 cm³/mol. The predicted octanol–water partition coefficient (Wildman–Crippen LogP) is 2.01. The lowest BCUT2D eigenvalue weighted by Crippen LogP contribution is -2.44. The Labute approximate surface area is 144 Å². The summed E-state index contributed by atoms with van der Waals surface area (Å²) in [5.41, 5.74) is 0. The summed E-state index contributed by atoms with van der Waals surface area (Å²) in [6, 6.07) is 0.606. The molecule has 3 atom stereocenters. The van der Waals surface area contributed by atoms with Crippen molar-refractivity contribution in [3.05, 3.63) is 0 Å². The Morgan fingerprint density at radius 2 is 2.15 bits per heavy atom. The highest BCUT2D eigenvalue weighted by Gasteiger charge is 2.25. The van der Waals surface area contributed by atoms with Gasteiger partial charge in [0.15, 0.2) is 5.96 Å². The zero-order valence-electron chi connectivity index (χ0n) is 12.9. The molecule has 20 heavy (non-hydrogen) atoms. The molecule has 2 fully saturated rings. The van der Waals surface area contributed by atoms with E-state index in [-0.39, 0.29) is 24.0 Å². The average molecular weight is 412 g/mol. The van der Waals surface area contributed by atoms with Crippen molar-refractivity contribution in [3.8, 4) is 0 Å². The quantitative estimate of drug-likeness (QED) is 0.421. The van der Waals surface area contributed by atoms with Gasteiger partial charge < -0.3 is 15.5 Å². The van der Waals surface area contributed by atoms with E-state index in [1.165, 1.54) is 38.8 Å². The summed E-state index contributed by atoms with van der Waals surface area (Å²) >= 11 is 2.00. The van der Waals surface area contributed by atoms with Crippen LogP contribution in [0.1, 0.15) is 25.7 Å². The molecule has 0 radical (unpaired) electrons. The molecule has 1 aliphatic carbocycles. The fourth-order valence-electron chi connectivity index (χ4n) is 3.11. The monoisotopic (exact) mass is 412 g/mol. The first-order valence-corrected chi connectivity index (χ1v) is 8.68. The van der Waals surface area contributed by atoms with E-state index in [2.05, 4.69) is 33.8 Å². The molecule has 4 nitrogen and oxygen atoms in total. The molecule has 3 unspecified atom stereocenters. The number of hydrogen-bond donors (Lipinski definition) is 2. The molecule has 1 aliphatic heterocycles. The van der Waals surface area contributed by atoms with E-state index in [9.17, 15) is 0 Å². The summed E-state index contributed by atoms with van der Waals surface area (Å²) in [5.74, 6) is 1.76. The Bertz CT molecular complexity index is 314. The van der Waals surface area contributed by atoms with E-state index in [4.69, 9.17) is 0 Å². The fraction of sp³-hybridized carbons (Fsp3) is 0.929. The molecule has 0 aromatic rings. The van der Waals surface area contributed by atoms with Crippen molar-refractivity contribution < 1.29 is 0 Å². The highest BCUT2D eigenvalue weighted by Crippen LogP contribution is 2.28. The minimum atomic E-state index is 0. The smallest absolute Gasteiger partial charge is 0.191 e. The molecule has 118 valence electrons. The van der Waals surface area contributed by atoms with Gasteiger partial charge in [-0.2, -0.15) is 11.8 Å². The van der Waals surface area contributed by atoms with Gasteiger partial charge in [-0.25, -0.2) is 0 Å². The molecular formula is C14H29IN4S. The van der Waals surface area contributed by atoms with Crippen LogP contribution in [0.15, 0.2) is 4.99 Å². The van der Waals surface area contributed by atoms with Crippen LogP contribution in [0.5, 0.6) is 0 Å². The summed E-state index contributed by atoms with van der Waals surface area (Å²) in [4.78, 5) is 6.76. The van der Waals surface area contributed by atoms with Crippen LogP contribution in [0.2, 0.25) is 0 Å². The first-order valence-electron chi connectivity index (χ1n) is 7.39. The maximum Gasteiger partial charge on any atom is 0.191 e. The number of hydrogen-bond acceptors (Lipinski definition) is 3. The van der Waals surface area contributed by atoms with Crippen LogP contribution in [0.4, 0.5) is 0 Å². The first kappa shape index (κ1) is 18.4. The van der Waals surface area contributed by atoms with Crippen LogP contribution in [-0.4, -0.2) is 62.1 Å². The van der Waals surface area contributed by atoms with Crippen molar-refractivity contribution in [3.63, 3.8) is 0 Å². The van der Waals surface area contributed by atoms with E-state index in [1.807, 2.05) is 18.8 Å². The lowest BCUT2D eigenvalue weighted by atomic mass is 10.1. The molecule has 0 spiro atoms. The van der Waals surface area contributed by atoms with Crippen molar-refractivity contribution in [2.45, 2.75) is 37.0 Å². The van der Waals surface area contributed by atoms with Crippen LogP contribution < -0.4 is 10.6 Å². The lowest BCUT2D eigenvalue weighted by Gasteiger charge is -2.19. The number of thioether (sulfide) groups is 1. The first-order chi connectivity index (χ1) is 9.21. The largest absolute Gasteiger partial charge is 0.356 e. The molecule has 1 saturated carbocycles. The Morgan fingerprint density at radius 3 is 2.70 bits per heavy atom. The number of nitrogens with zero attached hydrogens (tertiary/aromatic N) is 2. The van der Waals surface area contributed by atoms with Gasteiger partial charge >= 0.3 is 0 Å². The zero-order chi connectivity index (χ0) is 13.7. The fourth-order valence-corrected chi connectivity index (χ4v) is 3.90. The topological polar surface area (TPSA) is 39.7 Å². The molecular weight excluding hydrogens is 383 g/mol. The van der Waals surface area contributed by atoms with Gasteiger partial charge in [0.1, 0.15) is 0 Å². The van der Waals surface area contributed by atoms with Crippen molar-refractivity contribution in [1.82, 2.24) is 15.5 Å². The van der Waals surface area contributed by atoms with Gasteiger partial charge in [-0.3, -0.25) is 4.99 Å². The minimum absolute atomic E-state index is 0. The van der Waals surface area contributed by atoms with E-state index in [0.29, 0.717) is 6.04 Å². The Kier molecular flexibility index (Phi) is 8.59. The zero-order valence-corrected chi connectivity index (χ0v) is 16.0. The summed E-state index contributed by atoms with van der Waals surface area (Å²) < 4.78 is 0. The van der Waals surface area contributed by atoms with E-state index in [1.54, 1.807) is 0 Å². The van der Waals surface area contributed by atoms with Crippen molar-refractivity contribution in [1.29, 1.82) is 0 Å². The van der Waals surface area contributed by atoms with Crippen LogP contribution in [0, 0.1) is 5.92 Å². The number of rotatable bonds is 4. The van der Waals surface area contributed by atoms with Crippen LogP contribution in [0.3, 0.4) is 0 Å². The van der Waals surface area contributed by atoms with Gasteiger partial charge in [0.25, 0.3) is 0 Å². The third-order valence-electron chi connectivity index (χ3n) is 4.33. The average Bonchev–Trinajstić information content (AvgIpc) is 3.03. The number of halogens is 1. The van der Waals surface area contributed by atoms with Gasteiger partial charge in [-0.15, -0.1) is 24.0 Å². The Balaban J connectivity index is 0.00000200. The SMILES string of the molecule is CN=C(NCC1CCN(C)C1)NC1CCC(SC)C1.I. The number of nitrogens with one attached hydrogen (secondary N) is 2. The summed E-state index contributed by atoms with van der Waals surface area (Å²) in [6.07, 6.45) is 7.41. The molecule has 2 rings (SSSR count). The van der Waals surface area contributed by atoms with Gasteiger partial charge in [-0.05, 0) is 51.4 Å². The normalized spacial score (nSPS) is 31.1. The lowest BCUT2D eigenvalue weighted by molar-refractivity contribution is 0.393. The Morgan fingerprint density at radius 1 is 1.35 bits per heavy atom. The van der Waals surface area contributed by atoms with Crippen LogP contribution in [0.25, 0.3) is 0 Å². The molecule has 1 heterocycles. The third-order valence-corrected chi connectivity index (χ3v) is 5.42. The molecule has 2 N–H and O–H groups in total. The molecule has 0 amide bonds.